The van der Waals surface area contributed by atoms with Gasteiger partial charge in [-0.25, -0.2) is 0 Å². The summed E-state index contributed by atoms with van der Waals surface area (Å²) in [5, 5.41) is 13.1. The van der Waals surface area contributed by atoms with Crippen molar-refractivity contribution in [3.63, 3.8) is 0 Å². The van der Waals surface area contributed by atoms with Gasteiger partial charge in [0.05, 0.1) is 12.2 Å². The minimum atomic E-state index is -4.74. The number of ether oxygens (including phenoxy) is 1. The fourth-order valence-electron chi connectivity index (χ4n) is 1.86. The second-order valence-electron chi connectivity index (χ2n) is 3.97. The van der Waals surface area contributed by atoms with Crippen LogP contribution in [-0.4, -0.2) is 28.3 Å². The molecule has 0 aliphatic rings. The number of hydrogen-bond acceptors (Lipinski definition) is 4. The quantitative estimate of drug-likeness (QED) is 0.886. The molecule has 0 fully saturated rings. The molecule has 2 rings (SSSR count). The molecule has 1 aromatic carbocycles. The lowest BCUT2D eigenvalue weighted by Gasteiger charge is -2.20. The van der Waals surface area contributed by atoms with Crippen molar-refractivity contribution in [3.05, 3.63) is 41.7 Å². The molecule has 108 valence electrons. The highest BCUT2D eigenvalue weighted by molar-refractivity contribution is 5.39. The molecule has 0 bridgehead atoms. The van der Waals surface area contributed by atoms with Crippen LogP contribution >= 0.6 is 0 Å². The third kappa shape index (κ3) is 3.47. The van der Waals surface area contributed by atoms with Crippen molar-refractivity contribution in [1.82, 2.24) is 20.7 Å². The largest absolute Gasteiger partial charge is 0.573 e. The van der Waals surface area contributed by atoms with Gasteiger partial charge in [0.2, 0.25) is 0 Å². The molecule has 20 heavy (non-hydrogen) atoms. The first-order valence-corrected chi connectivity index (χ1v) is 5.95. The maximum absolute atomic E-state index is 12.4. The van der Waals surface area contributed by atoms with Crippen LogP contribution in [-0.2, 0) is 0 Å². The van der Waals surface area contributed by atoms with Crippen molar-refractivity contribution in [2.24, 2.45) is 0 Å². The summed E-state index contributed by atoms with van der Waals surface area (Å²) in [6.07, 6.45) is -3.28. The summed E-state index contributed by atoms with van der Waals surface area (Å²) in [5.41, 5.74) is 0.839. The van der Waals surface area contributed by atoms with Crippen LogP contribution < -0.4 is 10.1 Å². The van der Waals surface area contributed by atoms with E-state index in [-0.39, 0.29) is 5.75 Å². The molecule has 0 saturated heterocycles. The molecule has 1 aromatic heterocycles. The number of H-pyrrole nitrogens is 1. The predicted molar refractivity (Wildman–Crippen MR) is 65.0 cm³/mol. The summed E-state index contributed by atoms with van der Waals surface area (Å²) in [5.74, 6) is -0.256. The lowest BCUT2D eigenvalue weighted by atomic mass is 10.0. The van der Waals surface area contributed by atoms with Gasteiger partial charge in [-0.05, 0) is 12.6 Å². The van der Waals surface area contributed by atoms with E-state index in [2.05, 4.69) is 25.5 Å². The van der Waals surface area contributed by atoms with E-state index in [1.54, 1.807) is 12.1 Å². The number of para-hydroxylation sites is 1. The standard InChI is InChI=1S/C12H13F3N4O/c1-2-16-11(9-7-17-19-18-9)8-5-3-4-6-10(8)20-12(13,14)15/h3-7,11,16H,2H2,1H3,(H,17,18,19). The summed E-state index contributed by atoms with van der Waals surface area (Å²) in [4.78, 5) is 0. The smallest absolute Gasteiger partial charge is 0.405 e. The van der Waals surface area contributed by atoms with Gasteiger partial charge in [0.1, 0.15) is 11.4 Å². The molecule has 0 saturated carbocycles. The first-order valence-electron chi connectivity index (χ1n) is 5.95. The molecule has 1 atom stereocenters. The van der Waals surface area contributed by atoms with Gasteiger partial charge in [-0.15, -0.1) is 13.2 Å². The van der Waals surface area contributed by atoms with Crippen LogP contribution in [0.3, 0.4) is 0 Å². The summed E-state index contributed by atoms with van der Waals surface area (Å²) >= 11 is 0. The lowest BCUT2D eigenvalue weighted by Crippen LogP contribution is -2.25. The van der Waals surface area contributed by atoms with E-state index in [0.717, 1.165) is 0 Å². The van der Waals surface area contributed by atoms with Crippen molar-refractivity contribution in [2.75, 3.05) is 6.54 Å². The summed E-state index contributed by atoms with van der Waals surface area (Å²) < 4.78 is 41.4. The fourth-order valence-corrected chi connectivity index (χ4v) is 1.86. The number of aromatic amines is 1. The molecule has 0 aliphatic heterocycles. The third-order valence-corrected chi connectivity index (χ3v) is 2.59. The summed E-state index contributed by atoms with van der Waals surface area (Å²) in [6.45, 7) is 2.40. The Morgan fingerprint density at radius 1 is 1.35 bits per heavy atom. The zero-order valence-corrected chi connectivity index (χ0v) is 10.6. The normalized spacial score (nSPS) is 13.2. The Kier molecular flexibility index (Phi) is 4.23. The number of nitrogens with zero attached hydrogens (tertiary/aromatic N) is 2. The molecule has 0 amide bonds. The molecule has 5 nitrogen and oxygen atoms in total. The van der Waals surface area contributed by atoms with Crippen molar-refractivity contribution >= 4 is 0 Å². The van der Waals surface area contributed by atoms with Gasteiger partial charge in [0.25, 0.3) is 0 Å². The lowest BCUT2D eigenvalue weighted by molar-refractivity contribution is -0.275. The molecular weight excluding hydrogens is 273 g/mol. The van der Waals surface area contributed by atoms with Crippen LogP contribution in [0, 0.1) is 0 Å². The Bertz CT molecular complexity index is 542. The first kappa shape index (κ1) is 14.3. The van der Waals surface area contributed by atoms with Gasteiger partial charge in [-0.3, -0.25) is 0 Å². The average Bonchev–Trinajstić information content (AvgIpc) is 2.89. The molecule has 1 unspecified atom stereocenters. The minimum Gasteiger partial charge on any atom is -0.405 e. The zero-order chi connectivity index (χ0) is 14.6. The van der Waals surface area contributed by atoms with Crippen molar-refractivity contribution in [1.29, 1.82) is 0 Å². The monoisotopic (exact) mass is 286 g/mol. The first-order chi connectivity index (χ1) is 9.51. The summed E-state index contributed by atoms with van der Waals surface area (Å²) in [7, 11) is 0. The van der Waals surface area contributed by atoms with E-state index in [1.165, 1.54) is 18.3 Å². The second-order valence-corrected chi connectivity index (χ2v) is 3.97. The van der Waals surface area contributed by atoms with Crippen LogP contribution in [0.4, 0.5) is 13.2 Å². The highest BCUT2D eigenvalue weighted by atomic mass is 19.4. The molecule has 0 aliphatic carbocycles. The number of rotatable bonds is 5. The molecular formula is C12H13F3N4O. The molecule has 8 heteroatoms. The van der Waals surface area contributed by atoms with Crippen molar-refractivity contribution < 1.29 is 17.9 Å². The molecule has 2 N–H and O–H groups in total. The topological polar surface area (TPSA) is 62.8 Å². The van der Waals surface area contributed by atoms with Crippen molar-refractivity contribution in [3.8, 4) is 5.75 Å². The third-order valence-electron chi connectivity index (χ3n) is 2.59. The van der Waals surface area contributed by atoms with Crippen molar-refractivity contribution in [2.45, 2.75) is 19.3 Å². The van der Waals surface area contributed by atoms with Crippen LogP contribution in [0.15, 0.2) is 30.5 Å². The number of nitrogens with one attached hydrogen (secondary N) is 2. The van der Waals surface area contributed by atoms with E-state index in [1.807, 2.05) is 6.92 Å². The van der Waals surface area contributed by atoms with E-state index in [9.17, 15) is 13.2 Å². The predicted octanol–water partition coefficient (Wildman–Crippen LogP) is 2.40. The second kappa shape index (κ2) is 5.91. The Hall–Kier alpha value is -2.09. The van der Waals surface area contributed by atoms with Crippen LogP contribution in [0.1, 0.15) is 24.2 Å². The Morgan fingerprint density at radius 3 is 2.70 bits per heavy atom. The minimum absolute atomic E-state index is 0.256. The Morgan fingerprint density at radius 2 is 2.10 bits per heavy atom. The van der Waals surface area contributed by atoms with Crippen LogP contribution in [0.2, 0.25) is 0 Å². The average molecular weight is 286 g/mol. The Balaban J connectivity index is 2.38. The van der Waals surface area contributed by atoms with Gasteiger partial charge in [0.15, 0.2) is 0 Å². The number of aromatic nitrogens is 3. The van der Waals surface area contributed by atoms with Crippen LogP contribution in [0.5, 0.6) is 5.75 Å². The van der Waals surface area contributed by atoms with Gasteiger partial charge >= 0.3 is 6.36 Å². The fraction of sp³-hybridized carbons (Fsp3) is 0.333. The van der Waals surface area contributed by atoms with E-state index in [4.69, 9.17) is 0 Å². The van der Waals surface area contributed by atoms with E-state index >= 15 is 0 Å². The highest BCUT2D eigenvalue weighted by Crippen LogP contribution is 2.32. The number of hydrogen-bond donors (Lipinski definition) is 2. The number of alkyl halides is 3. The Labute approximate surface area is 113 Å². The van der Waals surface area contributed by atoms with E-state index < -0.39 is 12.4 Å². The maximum atomic E-state index is 12.4. The molecule has 0 radical (unpaired) electrons. The SMILES string of the molecule is CCNC(c1cn[nH]n1)c1ccccc1OC(F)(F)F. The van der Waals surface area contributed by atoms with Gasteiger partial charge in [-0.2, -0.15) is 15.4 Å². The molecule has 1 heterocycles. The zero-order valence-electron chi connectivity index (χ0n) is 10.6. The van der Waals surface area contributed by atoms with Gasteiger partial charge in [-0.1, -0.05) is 25.1 Å². The molecule has 2 aromatic rings. The number of halogens is 3. The summed E-state index contributed by atoms with van der Waals surface area (Å²) in [6, 6.07) is 5.42. The van der Waals surface area contributed by atoms with Crippen LogP contribution in [0.25, 0.3) is 0 Å². The van der Waals surface area contributed by atoms with Gasteiger partial charge in [0, 0.05) is 5.56 Å². The van der Waals surface area contributed by atoms with Gasteiger partial charge < -0.3 is 10.1 Å². The number of benzene rings is 1. The highest BCUT2D eigenvalue weighted by Gasteiger charge is 2.33. The molecule has 0 spiro atoms. The van der Waals surface area contributed by atoms with E-state index in [0.29, 0.717) is 17.8 Å². The maximum Gasteiger partial charge on any atom is 0.573 e.